The molecule has 104 valence electrons. The van der Waals surface area contributed by atoms with Gasteiger partial charge in [0.2, 0.25) is 5.91 Å². The van der Waals surface area contributed by atoms with Gasteiger partial charge >= 0.3 is 0 Å². The van der Waals surface area contributed by atoms with Crippen LogP contribution in [0, 0.1) is 0 Å². The summed E-state index contributed by atoms with van der Waals surface area (Å²) in [6.45, 7) is 5.97. The first-order valence-electron chi connectivity index (χ1n) is 7.34. The number of carbonyl (C=O) groups is 1. The van der Waals surface area contributed by atoms with Gasteiger partial charge in [0.1, 0.15) is 0 Å². The highest BCUT2D eigenvalue weighted by molar-refractivity contribution is 5.85. The first-order chi connectivity index (χ1) is 9.17. The molecule has 1 unspecified atom stereocenters. The first-order valence-corrected chi connectivity index (χ1v) is 7.34. The van der Waals surface area contributed by atoms with Gasteiger partial charge in [0, 0.05) is 18.8 Å². The van der Waals surface area contributed by atoms with Crippen LogP contribution in [0.2, 0.25) is 0 Å². The zero-order chi connectivity index (χ0) is 13.8. The Bertz CT molecular complexity index is 450. The highest BCUT2D eigenvalue weighted by atomic mass is 16.2. The minimum atomic E-state index is 0.0246. The van der Waals surface area contributed by atoms with Crippen molar-refractivity contribution >= 4 is 11.6 Å². The van der Waals surface area contributed by atoms with Gasteiger partial charge in [0.05, 0.1) is 5.92 Å². The number of nitrogens with zero attached hydrogens (tertiary/aromatic N) is 1. The number of nitrogens with two attached hydrogens (primary N) is 1. The summed E-state index contributed by atoms with van der Waals surface area (Å²) in [7, 11) is 0. The van der Waals surface area contributed by atoms with E-state index in [1.807, 2.05) is 17.0 Å². The molecule has 1 aliphatic carbocycles. The number of aryl methyl sites for hydroxylation is 1. The van der Waals surface area contributed by atoms with Gasteiger partial charge in [-0.3, -0.25) is 4.79 Å². The van der Waals surface area contributed by atoms with E-state index in [-0.39, 0.29) is 11.8 Å². The summed E-state index contributed by atoms with van der Waals surface area (Å²) in [5.41, 5.74) is 9.07. The lowest BCUT2D eigenvalue weighted by atomic mass is 9.99. The molecular formula is C16H24N2O. The Balaban J connectivity index is 2.19. The third-order valence-corrected chi connectivity index (χ3v) is 3.84. The zero-order valence-corrected chi connectivity index (χ0v) is 12.0. The van der Waals surface area contributed by atoms with Crippen LogP contribution < -0.4 is 5.73 Å². The summed E-state index contributed by atoms with van der Waals surface area (Å²) in [4.78, 5) is 14.7. The lowest BCUT2D eigenvalue weighted by Crippen LogP contribution is -2.35. The summed E-state index contributed by atoms with van der Waals surface area (Å²) in [5, 5.41) is 0. The molecule has 0 saturated heterocycles. The van der Waals surface area contributed by atoms with Gasteiger partial charge in [-0.1, -0.05) is 19.9 Å². The van der Waals surface area contributed by atoms with E-state index in [0.717, 1.165) is 50.0 Å². The first kappa shape index (κ1) is 13.9. The van der Waals surface area contributed by atoms with Crippen molar-refractivity contribution < 1.29 is 4.79 Å². The van der Waals surface area contributed by atoms with Crippen molar-refractivity contribution in [3.8, 4) is 0 Å². The van der Waals surface area contributed by atoms with Crippen LogP contribution in [0.15, 0.2) is 18.2 Å². The SMILES string of the molecule is CCCN(CCC)C(=O)C1CCc2ccc(N)cc21. The molecule has 19 heavy (non-hydrogen) atoms. The average Bonchev–Trinajstić information content (AvgIpc) is 2.80. The van der Waals surface area contributed by atoms with Crippen molar-refractivity contribution in [1.29, 1.82) is 0 Å². The summed E-state index contributed by atoms with van der Waals surface area (Å²) >= 11 is 0. The molecule has 0 saturated carbocycles. The summed E-state index contributed by atoms with van der Waals surface area (Å²) in [5.74, 6) is 0.310. The fourth-order valence-electron chi connectivity index (χ4n) is 2.97. The Kier molecular flexibility index (Phi) is 4.46. The Morgan fingerprint density at radius 1 is 1.32 bits per heavy atom. The monoisotopic (exact) mass is 260 g/mol. The molecule has 1 aromatic carbocycles. The number of nitrogen functional groups attached to an aromatic ring is 1. The maximum atomic E-state index is 12.7. The topological polar surface area (TPSA) is 46.3 Å². The molecule has 1 atom stereocenters. The number of rotatable bonds is 5. The van der Waals surface area contributed by atoms with Gasteiger partial charge in [0.15, 0.2) is 0 Å². The van der Waals surface area contributed by atoms with Crippen LogP contribution in [0.5, 0.6) is 0 Å². The number of anilines is 1. The van der Waals surface area contributed by atoms with Crippen molar-refractivity contribution in [3.63, 3.8) is 0 Å². The van der Waals surface area contributed by atoms with E-state index in [9.17, 15) is 4.79 Å². The van der Waals surface area contributed by atoms with E-state index >= 15 is 0 Å². The summed E-state index contributed by atoms with van der Waals surface area (Å²) in [6, 6.07) is 5.99. The smallest absolute Gasteiger partial charge is 0.230 e. The minimum absolute atomic E-state index is 0.0246. The Morgan fingerprint density at radius 3 is 2.63 bits per heavy atom. The van der Waals surface area contributed by atoms with Crippen molar-refractivity contribution in [2.24, 2.45) is 0 Å². The van der Waals surface area contributed by atoms with E-state index in [0.29, 0.717) is 0 Å². The van der Waals surface area contributed by atoms with E-state index in [2.05, 4.69) is 19.9 Å². The quantitative estimate of drug-likeness (QED) is 0.827. The van der Waals surface area contributed by atoms with Crippen molar-refractivity contribution in [2.75, 3.05) is 18.8 Å². The van der Waals surface area contributed by atoms with Crippen LogP contribution in [0.25, 0.3) is 0 Å². The number of fused-ring (bicyclic) bond motifs is 1. The minimum Gasteiger partial charge on any atom is -0.399 e. The van der Waals surface area contributed by atoms with Crippen LogP contribution in [0.4, 0.5) is 5.69 Å². The van der Waals surface area contributed by atoms with Gasteiger partial charge in [0.25, 0.3) is 0 Å². The maximum Gasteiger partial charge on any atom is 0.230 e. The molecule has 1 aliphatic rings. The average molecular weight is 260 g/mol. The molecule has 2 N–H and O–H groups in total. The Hall–Kier alpha value is -1.51. The van der Waals surface area contributed by atoms with Crippen molar-refractivity contribution in [1.82, 2.24) is 4.90 Å². The van der Waals surface area contributed by atoms with E-state index in [1.54, 1.807) is 0 Å². The lowest BCUT2D eigenvalue weighted by molar-refractivity contribution is -0.132. The molecule has 1 amide bonds. The third-order valence-electron chi connectivity index (χ3n) is 3.84. The normalized spacial score (nSPS) is 17.3. The second-order valence-corrected chi connectivity index (χ2v) is 5.37. The second-order valence-electron chi connectivity index (χ2n) is 5.37. The molecule has 1 aromatic rings. The number of benzene rings is 1. The van der Waals surface area contributed by atoms with Crippen LogP contribution in [-0.2, 0) is 11.2 Å². The van der Waals surface area contributed by atoms with Gasteiger partial charge in [-0.05, 0) is 48.9 Å². The molecule has 0 aromatic heterocycles. The number of hydrogen-bond donors (Lipinski definition) is 1. The fraction of sp³-hybridized carbons (Fsp3) is 0.562. The molecule has 0 bridgehead atoms. The lowest BCUT2D eigenvalue weighted by Gasteiger charge is -2.25. The van der Waals surface area contributed by atoms with Gasteiger partial charge in [-0.2, -0.15) is 0 Å². The van der Waals surface area contributed by atoms with Crippen LogP contribution in [0.3, 0.4) is 0 Å². The van der Waals surface area contributed by atoms with Crippen LogP contribution in [-0.4, -0.2) is 23.9 Å². The largest absolute Gasteiger partial charge is 0.399 e. The number of amides is 1. The molecule has 0 heterocycles. The van der Waals surface area contributed by atoms with Gasteiger partial charge < -0.3 is 10.6 Å². The van der Waals surface area contributed by atoms with Crippen molar-refractivity contribution in [2.45, 2.75) is 45.4 Å². The van der Waals surface area contributed by atoms with Gasteiger partial charge in [-0.15, -0.1) is 0 Å². The molecule has 3 nitrogen and oxygen atoms in total. The van der Waals surface area contributed by atoms with Crippen LogP contribution >= 0.6 is 0 Å². The van der Waals surface area contributed by atoms with E-state index in [4.69, 9.17) is 5.73 Å². The highest BCUT2D eigenvalue weighted by Gasteiger charge is 2.31. The zero-order valence-electron chi connectivity index (χ0n) is 12.0. The molecule has 0 aliphatic heterocycles. The maximum absolute atomic E-state index is 12.7. The number of carbonyl (C=O) groups excluding carboxylic acids is 1. The molecule has 2 rings (SSSR count). The molecular weight excluding hydrogens is 236 g/mol. The van der Waals surface area contributed by atoms with E-state index < -0.39 is 0 Å². The second kappa shape index (κ2) is 6.09. The Labute approximate surface area is 115 Å². The predicted molar refractivity (Wildman–Crippen MR) is 79.1 cm³/mol. The molecule has 3 heteroatoms. The third kappa shape index (κ3) is 2.91. The summed E-state index contributed by atoms with van der Waals surface area (Å²) < 4.78 is 0. The molecule has 0 radical (unpaired) electrons. The fourth-order valence-corrected chi connectivity index (χ4v) is 2.97. The van der Waals surface area contributed by atoms with Crippen molar-refractivity contribution in [3.05, 3.63) is 29.3 Å². The number of hydrogen-bond acceptors (Lipinski definition) is 2. The molecule has 0 spiro atoms. The standard InChI is InChI=1S/C16H24N2O/c1-3-9-18(10-4-2)16(19)14-8-6-12-5-7-13(17)11-15(12)14/h5,7,11,14H,3-4,6,8-10,17H2,1-2H3. The molecule has 0 fully saturated rings. The Morgan fingerprint density at radius 2 is 2.00 bits per heavy atom. The van der Waals surface area contributed by atoms with Crippen LogP contribution in [0.1, 0.15) is 50.2 Å². The van der Waals surface area contributed by atoms with Gasteiger partial charge in [-0.25, -0.2) is 0 Å². The summed E-state index contributed by atoms with van der Waals surface area (Å²) in [6.07, 6.45) is 3.96. The van der Waals surface area contributed by atoms with E-state index in [1.165, 1.54) is 5.56 Å². The highest BCUT2D eigenvalue weighted by Crippen LogP contribution is 2.35. The predicted octanol–water partition coefficient (Wildman–Crippen LogP) is 2.95.